The first-order chi connectivity index (χ1) is 8.65. The van der Waals surface area contributed by atoms with E-state index in [0.29, 0.717) is 0 Å². The van der Waals surface area contributed by atoms with Gasteiger partial charge in [0.1, 0.15) is 0 Å². The molecule has 0 unspecified atom stereocenters. The summed E-state index contributed by atoms with van der Waals surface area (Å²) in [7, 11) is 1.76. The second-order valence-electron chi connectivity index (χ2n) is 4.47. The molecular weight excluding hydrogens is 226 g/mol. The van der Waals surface area contributed by atoms with Crippen LogP contribution in [0.1, 0.15) is 5.56 Å². The molecule has 0 saturated carbocycles. The fourth-order valence-electron chi connectivity index (χ4n) is 2.03. The predicted octanol–water partition coefficient (Wildman–Crippen LogP) is 2.03. The molecule has 2 aromatic heterocycles. The Morgan fingerprint density at radius 1 is 1.22 bits per heavy atom. The Labute approximate surface area is 104 Å². The third kappa shape index (κ3) is 1.62. The second-order valence-corrected chi connectivity index (χ2v) is 4.47. The van der Waals surface area contributed by atoms with Gasteiger partial charge in [-0.15, -0.1) is 0 Å². The molecule has 0 aliphatic carbocycles. The molecular formula is C14H13N3O. The van der Waals surface area contributed by atoms with E-state index in [4.69, 9.17) is 0 Å². The summed E-state index contributed by atoms with van der Waals surface area (Å²) in [5.41, 5.74) is 2.10. The Bertz CT molecular complexity index is 783. The van der Waals surface area contributed by atoms with E-state index >= 15 is 0 Å². The highest BCUT2D eigenvalue weighted by Crippen LogP contribution is 2.15. The van der Waals surface area contributed by atoms with Crippen molar-refractivity contribution in [3.05, 3.63) is 58.8 Å². The number of nitrogens with zero attached hydrogens (tertiary/aromatic N) is 3. The molecule has 0 atom stereocenters. The Morgan fingerprint density at radius 2 is 2.06 bits per heavy atom. The van der Waals surface area contributed by atoms with Crippen molar-refractivity contribution in [3.8, 4) is 5.69 Å². The molecule has 2 heterocycles. The SMILES string of the molecule is Cc1cnn(-c2ccc3c(=O)n(C)ccc3c2)c1. The van der Waals surface area contributed by atoms with E-state index in [9.17, 15) is 4.79 Å². The first kappa shape index (κ1) is 10.8. The molecule has 0 saturated heterocycles. The average molecular weight is 239 g/mol. The number of benzene rings is 1. The van der Waals surface area contributed by atoms with Crippen molar-refractivity contribution < 1.29 is 0 Å². The Kier molecular flexibility index (Phi) is 2.30. The minimum Gasteiger partial charge on any atom is -0.318 e. The lowest BCUT2D eigenvalue weighted by molar-refractivity contribution is 0.869. The van der Waals surface area contributed by atoms with Crippen LogP contribution in [-0.4, -0.2) is 14.3 Å². The van der Waals surface area contributed by atoms with E-state index in [1.54, 1.807) is 17.8 Å². The third-order valence-electron chi connectivity index (χ3n) is 3.04. The lowest BCUT2D eigenvalue weighted by Crippen LogP contribution is -2.15. The molecule has 90 valence electrons. The standard InChI is InChI=1S/C14H13N3O/c1-10-8-15-17(9-10)12-3-4-13-11(7-12)5-6-16(2)14(13)18/h3-9H,1-2H3. The fraction of sp³-hybridized carbons (Fsp3) is 0.143. The molecule has 0 bridgehead atoms. The van der Waals surface area contributed by atoms with Crippen molar-refractivity contribution in [1.29, 1.82) is 0 Å². The molecule has 0 amide bonds. The molecule has 0 spiro atoms. The molecule has 3 rings (SSSR count). The van der Waals surface area contributed by atoms with Crippen LogP contribution in [0, 0.1) is 6.92 Å². The van der Waals surface area contributed by atoms with E-state index in [0.717, 1.165) is 22.0 Å². The molecule has 3 aromatic rings. The van der Waals surface area contributed by atoms with Gasteiger partial charge in [-0.05, 0) is 42.1 Å². The number of fused-ring (bicyclic) bond motifs is 1. The highest BCUT2D eigenvalue weighted by atomic mass is 16.1. The Balaban J connectivity index is 2.24. The topological polar surface area (TPSA) is 39.8 Å². The molecule has 0 aliphatic rings. The maximum Gasteiger partial charge on any atom is 0.258 e. The van der Waals surface area contributed by atoms with Crippen LogP contribution in [0.5, 0.6) is 0 Å². The maximum atomic E-state index is 11.9. The minimum atomic E-state index is 0.0238. The molecule has 4 heteroatoms. The summed E-state index contributed by atoms with van der Waals surface area (Å²) >= 11 is 0. The van der Waals surface area contributed by atoms with Gasteiger partial charge in [0.25, 0.3) is 5.56 Å². The van der Waals surface area contributed by atoms with E-state index < -0.39 is 0 Å². The smallest absolute Gasteiger partial charge is 0.258 e. The predicted molar refractivity (Wildman–Crippen MR) is 71.0 cm³/mol. The van der Waals surface area contributed by atoms with Gasteiger partial charge < -0.3 is 4.57 Å². The highest BCUT2D eigenvalue weighted by molar-refractivity contribution is 5.83. The normalized spacial score (nSPS) is 11.0. The minimum absolute atomic E-state index is 0.0238. The summed E-state index contributed by atoms with van der Waals surface area (Å²) in [6, 6.07) is 7.68. The largest absolute Gasteiger partial charge is 0.318 e. The highest BCUT2D eigenvalue weighted by Gasteiger charge is 2.03. The zero-order valence-corrected chi connectivity index (χ0v) is 10.3. The summed E-state index contributed by atoms with van der Waals surface area (Å²) in [6.07, 6.45) is 5.55. The summed E-state index contributed by atoms with van der Waals surface area (Å²) in [5, 5.41) is 5.93. The van der Waals surface area contributed by atoms with Gasteiger partial charge in [-0.1, -0.05) is 0 Å². The van der Waals surface area contributed by atoms with Crippen LogP contribution in [0.3, 0.4) is 0 Å². The summed E-state index contributed by atoms with van der Waals surface area (Å²) in [6.45, 7) is 2.00. The Hall–Kier alpha value is -2.36. The number of pyridine rings is 1. The van der Waals surface area contributed by atoms with E-state index in [-0.39, 0.29) is 5.56 Å². The van der Waals surface area contributed by atoms with Crippen molar-refractivity contribution in [2.24, 2.45) is 7.05 Å². The molecule has 18 heavy (non-hydrogen) atoms. The van der Waals surface area contributed by atoms with Crippen LogP contribution < -0.4 is 5.56 Å². The fourth-order valence-corrected chi connectivity index (χ4v) is 2.03. The first-order valence-electron chi connectivity index (χ1n) is 5.76. The second kappa shape index (κ2) is 3.84. The van der Waals surface area contributed by atoms with Crippen molar-refractivity contribution in [1.82, 2.24) is 14.3 Å². The number of rotatable bonds is 1. The molecule has 4 nitrogen and oxygen atoms in total. The lowest BCUT2D eigenvalue weighted by atomic mass is 10.1. The van der Waals surface area contributed by atoms with Gasteiger partial charge in [0.05, 0.1) is 11.9 Å². The van der Waals surface area contributed by atoms with Crippen molar-refractivity contribution >= 4 is 10.8 Å². The maximum absolute atomic E-state index is 11.9. The van der Waals surface area contributed by atoms with Gasteiger partial charge >= 0.3 is 0 Å². The molecule has 0 radical (unpaired) electrons. The van der Waals surface area contributed by atoms with E-state index in [2.05, 4.69) is 5.10 Å². The van der Waals surface area contributed by atoms with Crippen molar-refractivity contribution in [2.45, 2.75) is 6.92 Å². The monoisotopic (exact) mass is 239 g/mol. The van der Waals surface area contributed by atoms with Crippen LogP contribution in [0.15, 0.2) is 47.7 Å². The first-order valence-corrected chi connectivity index (χ1v) is 5.76. The van der Waals surface area contributed by atoms with Gasteiger partial charge in [-0.25, -0.2) is 4.68 Å². The number of aromatic nitrogens is 3. The van der Waals surface area contributed by atoms with Crippen LogP contribution in [0.25, 0.3) is 16.5 Å². The molecule has 0 aliphatic heterocycles. The van der Waals surface area contributed by atoms with E-state index in [1.807, 2.05) is 48.3 Å². The van der Waals surface area contributed by atoms with Crippen LogP contribution in [0.4, 0.5) is 0 Å². The summed E-state index contributed by atoms with van der Waals surface area (Å²) < 4.78 is 3.40. The van der Waals surface area contributed by atoms with Gasteiger partial charge in [0, 0.05) is 24.8 Å². The summed E-state index contributed by atoms with van der Waals surface area (Å²) in [5.74, 6) is 0. The zero-order valence-electron chi connectivity index (χ0n) is 10.3. The summed E-state index contributed by atoms with van der Waals surface area (Å²) in [4.78, 5) is 11.9. The molecule has 0 N–H and O–H groups in total. The molecule has 0 fully saturated rings. The Morgan fingerprint density at radius 3 is 2.78 bits per heavy atom. The van der Waals surface area contributed by atoms with Gasteiger partial charge in [-0.3, -0.25) is 4.79 Å². The third-order valence-corrected chi connectivity index (χ3v) is 3.04. The van der Waals surface area contributed by atoms with Crippen molar-refractivity contribution in [3.63, 3.8) is 0 Å². The van der Waals surface area contributed by atoms with Gasteiger partial charge in [0.15, 0.2) is 0 Å². The van der Waals surface area contributed by atoms with E-state index in [1.165, 1.54) is 0 Å². The van der Waals surface area contributed by atoms with Gasteiger partial charge in [-0.2, -0.15) is 5.10 Å². The quantitative estimate of drug-likeness (QED) is 0.652. The van der Waals surface area contributed by atoms with Crippen molar-refractivity contribution in [2.75, 3.05) is 0 Å². The average Bonchev–Trinajstić information content (AvgIpc) is 2.80. The van der Waals surface area contributed by atoms with Crippen LogP contribution in [-0.2, 0) is 7.05 Å². The van der Waals surface area contributed by atoms with Gasteiger partial charge in [0.2, 0.25) is 0 Å². The number of hydrogen-bond acceptors (Lipinski definition) is 2. The lowest BCUT2D eigenvalue weighted by Gasteiger charge is -2.05. The molecule has 1 aromatic carbocycles. The van der Waals surface area contributed by atoms with Crippen LogP contribution in [0.2, 0.25) is 0 Å². The zero-order chi connectivity index (χ0) is 12.7. The number of hydrogen-bond donors (Lipinski definition) is 0. The number of aryl methyl sites for hydroxylation is 2. The van der Waals surface area contributed by atoms with Crippen LogP contribution >= 0.6 is 0 Å².